The van der Waals surface area contributed by atoms with Gasteiger partial charge in [0.2, 0.25) is 5.91 Å². The Kier molecular flexibility index (Phi) is 4.69. The van der Waals surface area contributed by atoms with Crippen molar-refractivity contribution in [2.45, 2.75) is 53.0 Å². The smallest absolute Gasteiger partial charge is 0.221 e. The summed E-state index contributed by atoms with van der Waals surface area (Å²) in [5.74, 6) is 1.55. The number of hydrogen-bond acceptors (Lipinski definition) is 2. The Hall–Kier alpha value is -1.51. The van der Waals surface area contributed by atoms with Crippen LogP contribution < -0.4 is 10.6 Å². The highest BCUT2D eigenvalue weighted by Gasteiger charge is 2.24. The molecule has 0 heterocycles. The van der Waals surface area contributed by atoms with Crippen molar-refractivity contribution in [3.63, 3.8) is 0 Å². The maximum Gasteiger partial charge on any atom is 0.221 e. The maximum absolute atomic E-state index is 11.2. The van der Waals surface area contributed by atoms with E-state index < -0.39 is 0 Å². The van der Waals surface area contributed by atoms with Crippen molar-refractivity contribution < 1.29 is 4.79 Å². The van der Waals surface area contributed by atoms with Crippen molar-refractivity contribution in [3.8, 4) is 0 Å². The Balaban J connectivity index is 2.09. The van der Waals surface area contributed by atoms with Crippen LogP contribution in [0, 0.1) is 18.8 Å². The molecule has 0 spiro atoms. The number of nitrogens with one attached hydrogen (secondary N) is 2. The molecule has 2 atom stereocenters. The molecule has 0 saturated heterocycles. The molecule has 20 heavy (non-hydrogen) atoms. The summed E-state index contributed by atoms with van der Waals surface area (Å²) in [6, 6.07) is 6.60. The third-order valence-corrected chi connectivity index (χ3v) is 4.10. The number of rotatable bonds is 3. The zero-order valence-electron chi connectivity index (χ0n) is 13.0. The van der Waals surface area contributed by atoms with E-state index in [0.717, 1.165) is 23.2 Å². The van der Waals surface area contributed by atoms with Crippen molar-refractivity contribution in [2.24, 2.45) is 11.8 Å². The molecule has 1 fully saturated rings. The summed E-state index contributed by atoms with van der Waals surface area (Å²) in [4.78, 5) is 11.2. The average molecular weight is 274 g/mol. The van der Waals surface area contributed by atoms with Gasteiger partial charge in [-0.25, -0.2) is 0 Å². The number of anilines is 2. The molecule has 110 valence electrons. The van der Waals surface area contributed by atoms with Crippen LogP contribution in [0.3, 0.4) is 0 Å². The van der Waals surface area contributed by atoms with Gasteiger partial charge in [-0.1, -0.05) is 19.9 Å². The van der Waals surface area contributed by atoms with Crippen molar-refractivity contribution in [1.82, 2.24) is 0 Å². The lowest BCUT2D eigenvalue weighted by atomic mass is 9.80. The second kappa shape index (κ2) is 6.29. The van der Waals surface area contributed by atoms with Crippen LogP contribution in [-0.2, 0) is 4.79 Å². The highest BCUT2D eigenvalue weighted by molar-refractivity contribution is 5.89. The average Bonchev–Trinajstić information content (AvgIpc) is 2.31. The molecule has 1 aliphatic rings. The van der Waals surface area contributed by atoms with Crippen LogP contribution in [0.5, 0.6) is 0 Å². The zero-order chi connectivity index (χ0) is 14.7. The highest BCUT2D eigenvalue weighted by Crippen LogP contribution is 2.31. The summed E-state index contributed by atoms with van der Waals surface area (Å²) in [7, 11) is 0. The fraction of sp³-hybridized carbons (Fsp3) is 0.588. The quantitative estimate of drug-likeness (QED) is 0.867. The molecule has 3 heteroatoms. The Labute approximate surface area is 122 Å². The first-order valence-electron chi connectivity index (χ1n) is 7.59. The van der Waals surface area contributed by atoms with Gasteiger partial charge in [-0.05, 0) is 55.7 Å². The minimum atomic E-state index is -0.0280. The van der Waals surface area contributed by atoms with Crippen LogP contribution in [0.25, 0.3) is 0 Å². The normalized spacial score (nSPS) is 26.1. The van der Waals surface area contributed by atoms with E-state index in [1.807, 2.05) is 12.1 Å². The third kappa shape index (κ3) is 3.99. The number of carbonyl (C=O) groups is 1. The first kappa shape index (κ1) is 14.9. The van der Waals surface area contributed by atoms with Gasteiger partial charge < -0.3 is 10.6 Å². The molecule has 1 aliphatic carbocycles. The van der Waals surface area contributed by atoms with Crippen LogP contribution in [0.4, 0.5) is 11.4 Å². The topological polar surface area (TPSA) is 41.1 Å². The minimum Gasteiger partial charge on any atom is -0.382 e. The van der Waals surface area contributed by atoms with Gasteiger partial charge in [0.15, 0.2) is 0 Å². The fourth-order valence-electron chi connectivity index (χ4n) is 3.34. The van der Waals surface area contributed by atoms with Gasteiger partial charge in [0, 0.05) is 24.3 Å². The SMILES string of the molecule is CC(=O)Nc1ccc(C)c(NC2CC(C)CC(C)C2)c1. The van der Waals surface area contributed by atoms with E-state index >= 15 is 0 Å². The Morgan fingerprint density at radius 2 is 1.80 bits per heavy atom. The van der Waals surface area contributed by atoms with E-state index in [-0.39, 0.29) is 5.91 Å². The molecule has 0 aliphatic heterocycles. The lowest BCUT2D eigenvalue weighted by Gasteiger charge is -2.33. The Morgan fingerprint density at radius 1 is 1.15 bits per heavy atom. The zero-order valence-corrected chi connectivity index (χ0v) is 13.0. The van der Waals surface area contributed by atoms with Crippen LogP contribution >= 0.6 is 0 Å². The molecular formula is C17H26N2O. The number of amides is 1. The summed E-state index contributed by atoms with van der Waals surface area (Å²) in [6.45, 7) is 8.32. The van der Waals surface area contributed by atoms with Crippen molar-refractivity contribution >= 4 is 17.3 Å². The van der Waals surface area contributed by atoms with Gasteiger partial charge in [-0.2, -0.15) is 0 Å². The monoisotopic (exact) mass is 274 g/mol. The molecule has 0 radical (unpaired) electrons. The van der Waals surface area contributed by atoms with E-state index in [0.29, 0.717) is 6.04 Å². The van der Waals surface area contributed by atoms with E-state index in [2.05, 4.69) is 37.5 Å². The molecule has 1 aromatic carbocycles. The number of hydrogen-bond donors (Lipinski definition) is 2. The Morgan fingerprint density at radius 3 is 2.40 bits per heavy atom. The summed E-state index contributed by atoms with van der Waals surface area (Å²) in [5.41, 5.74) is 3.23. The van der Waals surface area contributed by atoms with E-state index in [4.69, 9.17) is 0 Å². The number of benzene rings is 1. The summed E-state index contributed by atoms with van der Waals surface area (Å²) in [6.07, 6.45) is 3.80. The van der Waals surface area contributed by atoms with Gasteiger partial charge in [-0.15, -0.1) is 0 Å². The first-order valence-corrected chi connectivity index (χ1v) is 7.59. The molecule has 2 unspecified atom stereocenters. The first-order chi connectivity index (χ1) is 9.44. The highest BCUT2D eigenvalue weighted by atomic mass is 16.1. The molecule has 0 bridgehead atoms. The van der Waals surface area contributed by atoms with Crippen molar-refractivity contribution in [3.05, 3.63) is 23.8 Å². The van der Waals surface area contributed by atoms with Gasteiger partial charge in [0.25, 0.3) is 0 Å². The predicted octanol–water partition coefficient (Wildman–Crippen LogP) is 4.19. The summed E-state index contributed by atoms with van der Waals surface area (Å²) in [5, 5.41) is 6.52. The van der Waals surface area contributed by atoms with E-state index in [1.54, 1.807) is 0 Å². The lowest BCUT2D eigenvalue weighted by molar-refractivity contribution is -0.114. The fourth-order valence-corrected chi connectivity index (χ4v) is 3.34. The molecule has 1 saturated carbocycles. The minimum absolute atomic E-state index is 0.0280. The van der Waals surface area contributed by atoms with Gasteiger partial charge in [0.05, 0.1) is 0 Å². The standard InChI is InChI=1S/C17H26N2O/c1-11-7-12(2)9-16(8-11)19-17-10-15(18-14(4)20)6-5-13(17)3/h5-6,10-12,16,19H,7-9H2,1-4H3,(H,18,20). The van der Waals surface area contributed by atoms with E-state index in [9.17, 15) is 4.79 Å². The lowest BCUT2D eigenvalue weighted by Crippen LogP contribution is -2.30. The third-order valence-electron chi connectivity index (χ3n) is 4.10. The molecular weight excluding hydrogens is 248 g/mol. The molecule has 1 amide bonds. The molecule has 3 nitrogen and oxygen atoms in total. The van der Waals surface area contributed by atoms with Crippen molar-refractivity contribution in [2.75, 3.05) is 10.6 Å². The van der Waals surface area contributed by atoms with Crippen LogP contribution in [0.2, 0.25) is 0 Å². The van der Waals surface area contributed by atoms with Crippen molar-refractivity contribution in [1.29, 1.82) is 0 Å². The predicted molar refractivity (Wildman–Crippen MR) is 85.1 cm³/mol. The molecule has 2 rings (SSSR count). The van der Waals surface area contributed by atoms with Gasteiger partial charge >= 0.3 is 0 Å². The van der Waals surface area contributed by atoms with Crippen LogP contribution in [0.15, 0.2) is 18.2 Å². The van der Waals surface area contributed by atoms with E-state index in [1.165, 1.54) is 31.7 Å². The molecule has 2 N–H and O–H groups in total. The van der Waals surface area contributed by atoms with Gasteiger partial charge in [0.1, 0.15) is 0 Å². The maximum atomic E-state index is 11.2. The second-order valence-electron chi connectivity index (χ2n) is 6.47. The Bertz CT molecular complexity index is 474. The number of aryl methyl sites for hydroxylation is 1. The summed E-state index contributed by atoms with van der Waals surface area (Å²) >= 11 is 0. The van der Waals surface area contributed by atoms with Crippen LogP contribution in [-0.4, -0.2) is 11.9 Å². The van der Waals surface area contributed by atoms with Crippen LogP contribution in [0.1, 0.15) is 45.6 Å². The molecule has 0 aromatic heterocycles. The largest absolute Gasteiger partial charge is 0.382 e. The second-order valence-corrected chi connectivity index (χ2v) is 6.47. The summed E-state index contributed by atoms with van der Waals surface area (Å²) < 4.78 is 0. The van der Waals surface area contributed by atoms with Gasteiger partial charge in [-0.3, -0.25) is 4.79 Å². The molecule has 1 aromatic rings. The number of carbonyl (C=O) groups excluding carboxylic acids is 1.